The summed E-state index contributed by atoms with van der Waals surface area (Å²) in [5.41, 5.74) is 0.706. The Balaban J connectivity index is 2.55. The number of nitrogens with zero attached hydrogens (tertiary/aromatic N) is 1. The van der Waals surface area contributed by atoms with Crippen molar-refractivity contribution < 1.29 is 9.46 Å². The van der Waals surface area contributed by atoms with Crippen LogP contribution < -0.4 is 0 Å². The molecule has 0 aliphatic carbocycles. The van der Waals surface area contributed by atoms with E-state index >= 15 is 0 Å². The number of hydrogen-bond donors (Lipinski definition) is 1. The fraction of sp³-hybridized carbons (Fsp3) is 0.583. The Morgan fingerprint density at radius 2 is 2.25 bits per heavy atom. The highest BCUT2D eigenvalue weighted by Gasteiger charge is 2.22. The summed E-state index contributed by atoms with van der Waals surface area (Å²) in [6, 6.07) is 5.46. The van der Waals surface area contributed by atoms with Crippen molar-refractivity contribution in [2.75, 3.05) is 6.16 Å². The van der Waals surface area contributed by atoms with Gasteiger partial charge in [0.1, 0.15) is 0 Å². The number of rotatable bonds is 6. The van der Waals surface area contributed by atoms with Gasteiger partial charge >= 0.3 is 0 Å². The van der Waals surface area contributed by atoms with Crippen molar-refractivity contribution in [2.24, 2.45) is 5.92 Å². The zero-order chi connectivity index (χ0) is 12.0. The second-order valence-electron chi connectivity index (χ2n) is 4.40. The van der Waals surface area contributed by atoms with Crippen molar-refractivity contribution in [1.82, 2.24) is 4.98 Å². The predicted molar refractivity (Wildman–Crippen MR) is 66.7 cm³/mol. The molecular weight excluding hydrogens is 221 g/mol. The van der Waals surface area contributed by atoms with Gasteiger partial charge < -0.3 is 4.89 Å². The summed E-state index contributed by atoms with van der Waals surface area (Å²) >= 11 is 0. The standard InChI is InChI=1S/C12H20NO2P/c1-3-6-11(2)9-16(14,15)10-12-7-4-5-8-13-12/h4-5,7-8,11H,3,6,9-10H2,1-2H3,(H,14,15). The normalized spacial score (nSPS) is 16.7. The number of aromatic nitrogens is 1. The van der Waals surface area contributed by atoms with Gasteiger partial charge in [-0.15, -0.1) is 0 Å². The molecule has 0 saturated carbocycles. The van der Waals surface area contributed by atoms with E-state index in [2.05, 4.69) is 11.9 Å². The van der Waals surface area contributed by atoms with Crippen molar-refractivity contribution in [3.63, 3.8) is 0 Å². The summed E-state index contributed by atoms with van der Waals surface area (Å²) in [6.07, 6.45) is 4.32. The average molecular weight is 241 g/mol. The first kappa shape index (κ1) is 13.4. The Morgan fingerprint density at radius 1 is 1.50 bits per heavy atom. The van der Waals surface area contributed by atoms with Crippen molar-refractivity contribution in [3.05, 3.63) is 30.1 Å². The first-order valence-electron chi connectivity index (χ1n) is 5.74. The fourth-order valence-electron chi connectivity index (χ4n) is 1.88. The van der Waals surface area contributed by atoms with Crippen LogP contribution in [-0.2, 0) is 10.7 Å². The lowest BCUT2D eigenvalue weighted by Gasteiger charge is -2.15. The Bertz CT molecular complexity index is 353. The molecule has 90 valence electrons. The lowest BCUT2D eigenvalue weighted by molar-refractivity contribution is 0.456. The van der Waals surface area contributed by atoms with Crippen LogP contribution in [0, 0.1) is 5.92 Å². The van der Waals surface area contributed by atoms with Crippen LogP contribution in [0.3, 0.4) is 0 Å². The van der Waals surface area contributed by atoms with Gasteiger partial charge in [0.15, 0.2) is 0 Å². The van der Waals surface area contributed by atoms with Crippen LogP contribution in [0.4, 0.5) is 0 Å². The highest BCUT2D eigenvalue weighted by atomic mass is 31.2. The molecule has 1 N–H and O–H groups in total. The molecule has 2 unspecified atom stereocenters. The molecule has 0 spiro atoms. The Morgan fingerprint density at radius 3 is 2.81 bits per heavy atom. The fourth-order valence-corrected chi connectivity index (χ4v) is 3.86. The van der Waals surface area contributed by atoms with Gasteiger partial charge in [0.25, 0.3) is 0 Å². The maximum absolute atomic E-state index is 12.0. The summed E-state index contributed by atoms with van der Waals surface area (Å²) in [5, 5.41) is 0. The molecule has 1 rings (SSSR count). The zero-order valence-electron chi connectivity index (χ0n) is 9.97. The van der Waals surface area contributed by atoms with E-state index in [1.54, 1.807) is 12.3 Å². The van der Waals surface area contributed by atoms with Crippen molar-refractivity contribution in [2.45, 2.75) is 32.9 Å². The van der Waals surface area contributed by atoms with E-state index in [9.17, 15) is 9.46 Å². The van der Waals surface area contributed by atoms with Crippen LogP contribution >= 0.6 is 7.37 Å². The van der Waals surface area contributed by atoms with E-state index in [0.29, 0.717) is 17.8 Å². The van der Waals surface area contributed by atoms with Gasteiger partial charge in [-0.25, -0.2) is 0 Å². The molecule has 0 amide bonds. The molecule has 0 aliphatic rings. The highest BCUT2D eigenvalue weighted by Crippen LogP contribution is 2.46. The van der Waals surface area contributed by atoms with E-state index in [1.807, 2.05) is 19.1 Å². The average Bonchev–Trinajstić information content (AvgIpc) is 2.17. The van der Waals surface area contributed by atoms with Gasteiger partial charge in [-0.3, -0.25) is 9.55 Å². The minimum Gasteiger partial charge on any atom is -0.344 e. The lowest BCUT2D eigenvalue weighted by Crippen LogP contribution is -2.04. The Kier molecular flexibility index (Phi) is 5.17. The summed E-state index contributed by atoms with van der Waals surface area (Å²) in [5.74, 6) is 0.310. The van der Waals surface area contributed by atoms with E-state index in [0.717, 1.165) is 12.8 Å². The van der Waals surface area contributed by atoms with Gasteiger partial charge in [0, 0.05) is 18.1 Å². The van der Waals surface area contributed by atoms with E-state index < -0.39 is 7.37 Å². The van der Waals surface area contributed by atoms with Gasteiger partial charge in [0.05, 0.1) is 6.16 Å². The molecule has 0 bridgehead atoms. The monoisotopic (exact) mass is 241 g/mol. The molecule has 0 fully saturated rings. The summed E-state index contributed by atoms with van der Waals surface area (Å²) < 4.78 is 12.0. The van der Waals surface area contributed by atoms with Crippen LogP contribution in [0.5, 0.6) is 0 Å². The number of hydrogen-bond acceptors (Lipinski definition) is 2. The van der Waals surface area contributed by atoms with Gasteiger partial charge in [-0.2, -0.15) is 0 Å². The van der Waals surface area contributed by atoms with Gasteiger partial charge in [0.2, 0.25) is 7.37 Å². The minimum atomic E-state index is -3.06. The van der Waals surface area contributed by atoms with E-state index in [4.69, 9.17) is 0 Å². The second kappa shape index (κ2) is 6.17. The zero-order valence-corrected chi connectivity index (χ0v) is 10.9. The molecule has 16 heavy (non-hydrogen) atoms. The molecule has 0 saturated heterocycles. The van der Waals surface area contributed by atoms with Crippen LogP contribution in [0.1, 0.15) is 32.4 Å². The molecule has 1 aromatic rings. The van der Waals surface area contributed by atoms with Gasteiger partial charge in [-0.1, -0.05) is 32.8 Å². The third-order valence-electron chi connectivity index (χ3n) is 2.51. The Labute approximate surface area is 97.4 Å². The molecule has 0 aliphatic heterocycles. The minimum absolute atomic E-state index is 0.196. The van der Waals surface area contributed by atoms with Gasteiger partial charge in [-0.05, 0) is 18.1 Å². The topological polar surface area (TPSA) is 50.2 Å². The molecule has 0 radical (unpaired) electrons. The van der Waals surface area contributed by atoms with E-state index in [-0.39, 0.29) is 6.16 Å². The van der Waals surface area contributed by atoms with Crippen LogP contribution in [0.25, 0.3) is 0 Å². The van der Waals surface area contributed by atoms with E-state index in [1.165, 1.54) is 0 Å². The summed E-state index contributed by atoms with van der Waals surface area (Å²) in [7, 11) is -3.06. The molecule has 2 atom stereocenters. The highest BCUT2D eigenvalue weighted by molar-refractivity contribution is 7.57. The third kappa shape index (κ3) is 4.91. The summed E-state index contributed by atoms with van der Waals surface area (Å²) in [4.78, 5) is 14.0. The predicted octanol–water partition coefficient (Wildman–Crippen LogP) is 3.29. The first-order chi connectivity index (χ1) is 7.53. The molecular formula is C12H20NO2P. The third-order valence-corrected chi connectivity index (χ3v) is 4.53. The SMILES string of the molecule is CCCC(C)CP(=O)(O)Cc1ccccn1. The molecule has 1 aromatic heterocycles. The maximum atomic E-state index is 12.0. The number of pyridine rings is 1. The molecule has 3 nitrogen and oxygen atoms in total. The van der Waals surface area contributed by atoms with Crippen molar-refractivity contribution >= 4 is 7.37 Å². The smallest absolute Gasteiger partial charge is 0.206 e. The first-order valence-corrected chi connectivity index (χ1v) is 7.77. The van der Waals surface area contributed by atoms with Crippen LogP contribution in [-0.4, -0.2) is 16.0 Å². The Hall–Kier alpha value is -0.660. The second-order valence-corrected chi connectivity index (χ2v) is 6.78. The molecule has 0 aromatic carbocycles. The quantitative estimate of drug-likeness (QED) is 0.777. The summed E-state index contributed by atoms with van der Waals surface area (Å²) in [6.45, 7) is 4.13. The molecule has 1 heterocycles. The molecule has 4 heteroatoms. The lowest BCUT2D eigenvalue weighted by atomic mass is 10.1. The van der Waals surface area contributed by atoms with Crippen LogP contribution in [0.2, 0.25) is 0 Å². The van der Waals surface area contributed by atoms with Crippen molar-refractivity contribution in [1.29, 1.82) is 0 Å². The van der Waals surface area contributed by atoms with Crippen molar-refractivity contribution in [3.8, 4) is 0 Å². The van der Waals surface area contributed by atoms with Crippen LogP contribution in [0.15, 0.2) is 24.4 Å². The maximum Gasteiger partial charge on any atom is 0.206 e. The largest absolute Gasteiger partial charge is 0.344 e.